The Labute approximate surface area is 260 Å². The van der Waals surface area contributed by atoms with Crippen LogP contribution in [0, 0.1) is 0 Å². The molecule has 1 aliphatic carbocycles. The van der Waals surface area contributed by atoms with Crippen LogP contribution in [0.15, 0.2) is 162 Å². The van der Waals surface area contributed by atoms with Gasteiger partial charge < -0.3 is 13.9 Å². The summed E-state index contributed by atoms with van der Waals surface area (Å²) < 4.78 is 8.86. The summed E-state index contributed by atoms with van der Waals surface area (Å²) in [5, 5.41) is 4.78. The third kappa shape index (κ3) is 3.58. The first kappa shape index (κ1) is 24.6. The van der Waals surface area contributed by atoms with Crippen molar-refractivity contribution in [3.8, 4) is 11.1 Å². The van der Waals surface area contributed by atoms with Crippen molar-refractivity contribution in [3.63, 3.8) is 0 Å². The molecular weight excluding hydrogens is 548 g/mol. The molecule has 0 N–H and O–H groups in total. The highest BCUT2D eigenvalue weighted by molar-refractivity contribution is 6.18. The van der Waals surface area contributed by atoms with Crippen molar-refractivity contribution in [2.45, 2.75) is 12.0 Å². The second kappa shape index (κ2) is 9.35. The molecule has 0 bridgehead atoms. The number of rotatable bonds is 3. The van der Waals surface area contributed by atoms with Gasteiger partial charge in [-0.05, 0) is 59.2 Å². The third-order valence-corrected chi connectivity index (χ3v) is 9.70. The molecular formula is C42H28N2O. The van der Waals surface area contributed by atoms with Crippen LogP contribution in [0.5, 0.6) is 0 Å². The predicted molar refractivity (Wildman–Crippen MR) is 187 cm³/mol. The van der Waals surface area contributed by atoms with E-state index in [9.17, 15) is 0 Å². The topological polar surface area (TPSA) is 21.3 Å². The van der Waals surface area contributed by atoms with Crippen LogP contribution < -0.4 is 4.90 Å². The van der Waals surface area contributed by atoms with Gasteiger partial charge in [-0.25, -0.2) is 0 Å². The molecule has 2 aliphatic rings. The zero-order valence-electron chi connectivity index (χ0n) is 24.5. The lowest BCUT2D eigenvalue weighted by atomic mass is 9.90. The Bertz CT molecular complexity index is 2500. The number of allylic oxidation sites excluding steroid dienone is 2. The second-order valence-electron chi connectivity index (χ2n) is 12.1. The molecule has 6 aromatic carbocycles. The van der Waals surface area contributed by atoms with Crippen LogP contribution in [-0.2, 0) is 0 Å². The highest BCUT2D eigenvalue weighted by Gasteiger charge is 2.38. The van der Waals surface area contributed by atoms with E-state index < -0.39 is 0 Å². The molecule has 0 fully saturated rings. The molecule has 3 nitrogen and oxygen atoms in total. The van der Waals surface area contributed by atoms with Gasteiger partial charge in [0.25, 0.3) is 0 Å². The van der Waals surface area contributed by atoms with E-state index in [-0.39, 0.29) is 12.0 Å². The molecule has 10 rings (SSSR count). The lowest BCUT2D eigenvalue weighted by molar-refractivity contribution is 0.669. The largest absolute Gasteiger partial charge is 0.456 e. The summed E-state index contributed by atoms with van der Waals surface area (Å²) in [6.07, 6.45) is 7.19. The van der Waals surface area contributed by atoms with Crippen LogP contribution in [0.2, 0.25) is 0 Å². The van der Waals surface area contributed by atoms with Crippen LogP contribution in [0.3, 0.4) is 0 Å². The van der Waals surface area contributed by atoms with E-state index in [1.807, 2.05) is 6.07 Å². The Morgan fingerprint density at radius 1 is 0.533 bits per heavy atom. The molecule has 8 aromatic rings. The SMILES string of the molecule is C1=CC2C(C=C1n1c3cc(-c4ccccc4)ccc3c3cc4c(cc31)oc1ccccc14)c1ccccc1N2c1ccccc1. The number of hydrogen-bond donors (Lipinski definition) is 0. The summed E-state index contributed by atoms with van der Waals surface area (Å²) in [7, 11) is 0. The number of hydrogen-bond acceptors (Lipinski definition) is 2. The molecule has 3 heteroatoms. The minimum atomic E-state index is 0.212. The maximum atomic E-state index is 6.41. The summed E-state index contributed by atoms with van der Waals surface area (Å²) >= 11 is 0. The number of furan rings is 1. The molecule has 2 atom stereocenters. The van der Waals surface area contributed by atoms with Gasteiger partial charge in [-0.15, -0.1) is 0 Å². The van der Waals surface area contributed by atoms with Crippen LogP contribution in [-0.4, -0.2) is 10.6 Å². The van der Waals surface area contributed by atoms with Crippen molar-refractivity contribution in [1.82, 2.24) is 4.57 Å². The van der Waals surface area contributed by atoms with Crippen LogP contribution in [0.1, 0.15) is 11.5 Å². The number of anilines is 2. The summed E-state index contributed by atoms with van der Waals surface area (Å²) in [5.74, 6) is 0.223. The van der Waals surface area contributed by atoms with Gasteiger partial charge in [-0.3, -0.25) is 0 Å². The first-order valence-electron chi connectivity index (χ1n) is 15.6. The predicted octanol–water partition coefficient (Wildman–Crippen LogP) is 11.1. The normalized spacial score (nSPS) is 17.3. The number of fused-ring (bicyclic) bond motifs is 9. The smallest absolute Gasteiger partial charge is 0.137 e. The van der Waals surface area contributed by atoms with Crippen LogP contribution >= 0.6 is 0 Å². The Balaban J connectivity index is 1.23. The van der Waals surface area contributed by atoms with E-state index in [1.54, 1.807) is 0 Å². The summed E-state index contributed by atoms with van der Waals surface area (Å²) in [6, 6.07) is 50.3. The minimum Gasteiger partial charge on any atom is -0.456 e. The van der Waals surface area contributed by atoms with Gasteiger partial charge in [0.2, 0.25) is 0 Å². The minimum absolute atomic E-state index is 0.212. The fourth-order valence-electron chi connectivity index (χ4n) is 7.70. The number of benzene rings is 6. The van der Waals surface area contributed by atoms with E-state index in [4.69, 9.17) is 4.42 Å². The number of para-hydroxylation sites is 3. The highest BCUT2D eigenvalue weighted by atomic mass is 16.3. The maximum absolute atomic E-state index is 6.41. The van der Waals surface area contributed by atoms with Crippen LogP contribution in [0.25, 0.3) is 60.6 Å². The van der Waals surface area contributed by atoms with Gasteiger partial charge in [-0.1, -0.05) is 109 Å². The van der Waals surface area contributed by atoms with Gasteiger partial charge in [0.15, 0.2) is 0 Å². The van der Waals surface area contributed by atoms with E-state index >= 15 is 0 Å². The van der Waals surface area contributed by atoms with E-state index in [1.165, 1.54) is 50.1 Å². The summed E-state index contributed by atoms with van der Waals surface area (Å²) in [5.41, 5.74) is 11.6. The standard InChI is InChI=1S/C42H28N2O/c1-3-11-27(12-4-1)28-19-21-32-35-25-36-33-16-8-10-18-41(33)45-42(36)26-40(35)44(39(32)23-28)30-20-22-38-34(24-30)31-15-7-9-17-37(31)43(38)29-13-5-2-6-14-29/h1-26,34,38H. The maximum Gasteiger partial charge on any atom is 0.137 e. The summed E-state index contributed by atoms with van der Waals surface area (Å²) in [6.45, 7) is 0. The molecule has 1 aliphatic heterocycles. The fraction of sp³-hybridized carbons (Fsp3) is 0.0476. The average Bonchev–Trinajstić information content (AvgIpc) is 3.74. The first-order valence-corrected chi connectivity index (χ1v) is 15.6. The first-order chi connectivity index (χ1) is 22.3. The molecule has 0 saturated carbocycles. The monoisotopic (exact) mass is 576 g/mol. The van der Waals surface area contributed by atoms with Crippen molar-refractivity contribution in [2.75, 3.05) is 4.90 Å². The average molecular weight is 577 g/mol. The van der Waals surface area contributed by atoms with Crippen molar-refractivity contribution in [2.24, 2.45) is 0 Å². The molecule has 45 heavy (non-hydrogen) atoms. The molecule has 0 amide bonds. The lowest BCUT2D eigenvalue weighted by Crippen LogP contribution is -2.29. The second-order valence-corrected chi connectivity index (χ2v) is 12.1. The quantitative estimate of drug-likeness (QED) is 0.209. The third-order valence-electron chi connectivity index (χ3n) is 9.70. The molecule has 212 valence electrons. The summed E-state index contributed by atoms with van der Waals surface area (Å²) in [4.78, 5) is 2.49. The van der Waals surface area contributed by atoms with E-state index in [0.717, 1.165) is 27.5 Å². The van der Waals surface area contributed by atoms with Gasteiger partial charge in [0.1, 0.15) is 11.2 Å². The van der Waals surface area contributed by atoms with E-state index in [2.05, 4.69) is 161 Å². The number of aromatic nitrogens is 1. The highest BCUT2D eigenvalue weighted by Crippen LogP contribution is 2.49. The zero-order valence-corrected chi connectivity index (χ0v) is 24.5. The van der Waals surface area contributed by atoms with Gasteiger partial charge >= 0.3 is 0 Å². The Hall–Kier alpha value is -5.80. The van der Waals surface area contributed by atoms with Crippen molar-refractivity contribution in [1.29, 1.82) is 0 Å². The van der Waals surface area contributed by atoms with E-state index in [0.29, 0.717) is 0 Å². The Morgan fingerprint density at radius 2 is 1.29 bits per heavy atom. The molecule has 2 unspecified atom stereocenters. The Morgan fingerprint density at radius 3 is 2.18 bits per heavy atom. The lowest BCUT2D eigenvalue weighted by Gasteiger charge is -2.30. The van der Waals surface area contributed by atoms with Crippen molar-refractivity contribution in [3.05, 3.63) is 163 Å². The molecule has 2 aromatic heterocycles. The molecule has 3 heterocycles. The van der Waals surface area contributed by atoms with Gasteiger partial charge in [-0.2, -0.15) is 0 Å². The van der Waals surface area contributed by atoms with Gasteiger partial charge in [0.05, 0.1) is 17.1 Å². The van der Waals surface area contributed by atoms with Gasteiger partial charge in [0, 0.05) is 50.6 Å². The number of nitrogens with zero attached hydrogens (tertiary/aromatic N) is 2. The van der Waals surface area contributed by atoms with Crippen LogP contribution in [0.4, 0.5) is 11.4 Å². The fourth-order valence-corrected chi connectivity index (χ4v) is 7.70. The molecule has 0 saturated heterocycles. The Kier molecular flexibility index (Phi) is 5.11. The van der Waals surface area contributed by atoms with Crippen molar-refractivity contribution >= 4 is 60.8 Å². The molecule has 0 spiro atoms. The zero-order chi connectivity index (χ0) is 29.5. The molecule has 0 radical (unpaired) electrons. The van der Waals surface area contributed by atoms with Crippen molar-refractivity contribution < 1.29 is 4.42 Å².